The van der Waals surface area contributed by atoms with Crippen LogP contribution in [0.3, 0.4) is 0 Å². The molecule has 2 fully saturated rings. The van der Waals surface area contributed by atoms with Crippen LogP contribution in [0.2, 0.25) is 0 Å². The van der Waals surface area contributed by atoms with Crippen LogP contribution in [0.25, 0.3) is 22.6 Å². The molecule has 214 valence electrons. The van der Waals surface area contributed by atoms with Crippen LogP contribution >= 0.6 is 0 Å². The molecule has 0 spiro atoms. The maximum atomic E-state index is 13.7. The van der Waals surface area contributed by atoms with Crippen molar-refractivity contribution in [1.29, 1.82) is 0 Å². The fourth-order valence-corrected chi connectivity index (χ4v) is 5.03. The third kappa shape index (κ3) is 6.65. The van der Waals surface area contributed by atoms with Gasteiger partial charge in [-0.2, -0.15) is 0 Å². The van der Waals surface area contributed by atoms with Crippen LogP contribution in [0.4, 0.5) is 10.3 Å². The Kier molecular flexibility index (Phi) is 9.03. The molecule has 10 nitrogen and oxygen atoms in total. The summed E-state index contributed by atoms with van der Waals surface area (Å²) in [5.74, 6) is 0.536. The van der Waals surface area contributed by atoms with Crippen molar-refractivity contribution in [3.05, 3.63) is 48.2 Å². The second-order valence-electron chi connectivity index (χ2n) is 10.7. The molecule has 3 heterocycles. The molecular formula is C29H37FN6O4. The van der Waals surface area contributed by atoms with E-state index in [0.717, 1.165) is 24.8 Å². The first kappa shape index (κ1) is 28.1. The summed E-state index contributed by atoms with van der Waals surface area (Å²) in [7, 11) is 1.63. The van der Waals surface area contributed by atoms with Gasteiger partial charge in [0, 0.05) is 38.1 Å². The lowest BCUT2D eigenvalue weighted by Crippen LogP contribution is -2.48. The zero-order valence-electron chi connectivity index (χ0n) is 23.0. The smallest absolute Gasteiger partial charge is 0.230 e. The van der Waals surface area contributed by atoms with Gasteiger partial charge in [-0.1, -0.05) is 19.3 Å². The Labute approximate surface area is 233 Å². The predicted molar refractivity (Wildman–Crippen MR) is 148 cm³/mol. The standard InChI is InChI=1S/C29H37FN6O4/c1-29(27(37)31-14-6-16-38-2)17-39-26(40-18-29)25-35-23(19-9-11-20(30)12-10-19)24(36-25)22-13-15-32-28(34-22)33-21-7-4-3-5-8-21/h9-13,15,21,26H,3-8,14,16-18H2,1-2H3,(H,31,37)(H,35,36)(H,32,33,34). The summed E-state index contributed by atoms with van der Waals surface area (Å²) in [6, 6.07) is 8.31. The molecule has 0 bridgehead atoms. The fourth-order valence-electron chi connectivity index (χ4n) is 5.03. The molecule has 3 aromatic rings. The fraction of sp³-hybridized carbons (Fsp3) is 0.517. The number of hydrogen-bond donors (Lipinski definition) is 3. The predicted octanol–water partition coefficient (Wildman–Crippen LogP) is 4.62. The van der Waals surface area contributed by atoms with Crippen molar-refractivity contribution in [2.45, 2.75) is 57.8 Å². The Bertz CT molecular complexity index is 1270. The minimum Gasteiger partial charge on any atom is -0.385 e. The second-order valence-corrected chi connectivity index (χ2v) is 10.7. The summed E-state index contributed by atoms with van der Waals surface area (Å²) in [5.41, 5.74) is 1.77. The normalized spacial score (nSPS) is 21.7. The Morgan fingerprint density at radius 1 is 1.12 bits per heavy atom. The number of hydrogen-bond acceptors (Lipinski definition) is 8. The molecule has 0 atom stereocenters. The van der Waals surface area contributed by atoms with Gasteiger partial charge in [0.2, 0.25) is 18.1 Å². The highest BCUT2D eigenvalue weighted by atomic mass is 19.1. The first-order valence-electron chi connectivity index (χ1n) is 13.9. The number of amides is 1. The minimum atomic E-state index is -0.828. The Morgan fingerprint density at radius 2 is 1.88 bits per heavy atom. The van der Waals surface area contributed by atoms with Crippen molar-refractivity contribution >= 4 is 11.9 Å². The summed E-state index contributed by atoms with van der Waals surface area (Å²) >= 11 is 0. The topological polar surface area (TPSA) is 123 Å². The monoisotopic (exact) mass is 552 g/mol. The number of imidazole rings is 1. The van der Waals surface area contributed by atoms with Gasteiger partial charge in [-0.15, -0.1) is 0 Å². The highest BCUT2D eigenvalue weighted by Gasteiger charge is 2.40. The molecule has 1 saturated carbocycles. The second kappa shape index (κ2) is 12.8. The van der Waals surface area contributed by atoms with E-state index in [2.05, 4.69) is 20.6 Å². The number of ether oxygens (including phenoxy) is 3. The van der Waals surface area contributed by atoms with E-state index < -0.39 is 11.7 Å². The number of nitrogens with one attached hydrogen (secondary N) is 3. The average molecular weight is 553 g/mol. The molecule has 0 unspecified atom stereocenters. The Balaban J connectivity index is 1.36. The number of rotatable bonds is 10. The molecule has 2 aromatic heterocycles. The van der Waals surface area contributed by atoms with E-state index in [-0.39, 0.29) is 24.9 Å². The van der Waals surface area contributed by atoms with Crippen LogP contribution in [0, 0.1) is 11.2 Å². The van der Waals surface area contributed by atoms with Gasteiger partial charge in [0.1, 0.15) is 5.82 Å². The average Bonchev–Trinajstić information content (AvgIpc) is 3.42. The van der Waals surface area contributed by atoms with Crippen molar-refractivity contribution in [2.75, 3.05) is 38.8 Å². The first-order chi connectivity index (χ1) is 19.4. The van der Waals surface area contributed by atoms with Gasteiger partial charge in [-0.25, -0.2) is 19.3 Å². The molecular weight excluding hydrogens is 515 g/mol. The Morgan fingerprint density at radius 3 is 2.60 bits per heavy atom. The van der Waals surface area contributed by atoms with Crippen LogP contribution in [-0.2, 0) is 19.0 Å². The van der Waals surface area contributed by atoms with E-state index in [1.165, 1.54) is 31.4 Å². The maximum absolute atomic E-state index is 13.7. The number of benzene rings is 1. The highest BCUT2D eigenvalue weighted by molar-refractivity contribution is 5.82. The SMILES string of the molecule is COCCCNC(=O)C1(C)COC(c2nc(-c3ccc(F)cc3)c(-c3ccnc(NC4CCCCC4)n3)[nH]2)OC1. The maximum Gasteiger partial charge on any atom is 0.230 e. The number of halogens is 1. The quantitative estimate of drug-likeness (QED) is 0.311. The highest BCUT2D eigenvalue weighted by Crippen LogP contribution is 2.35. The molecule has 5 rings (SSSR count). The van der Waals surface area contributed by atoms with Crippen molar-refractivity contribution in [3.8, 4) is 22.6 Å². The van der Waals surface area contributed by atoms with Gasteiger partial charge in [0.25, 0.3) is 0 Å². The zero-order valence-corrected chi connectivity index (χ0v) is 23.0. The van der Waals surface area contributed by atoms with Crippen LogP contribution in [-0.4, -0.2) is 65.4 Å². The molecule has 1 saturated heterocycles. The zero-order chi connectivity index (χ0) is 28.0. The van der Waals surface area contributed by atoms with Gasteiger partial charge < -0.3 is 29.8 Å². The minimum absolute atomic E-state index is 0.131. The molecule has 40 heavy (non-hydrogen) atoms. The number of methoxy groups -OCH3 is 1. The Hall–Kier alpha value is -3.41. The first-order valence-corrected chi connectivity index (χ1v) is 13.9. The third-order valence-corrected chi connectivity index (χ3v) is 7.38. The van der Waals surface area contributed by atoms with Crippen LogP contribution in [0.15, 0.2) is 36.5 Å². The largest absolute Gasteiger partial charge is 0.385 e. The van der Waals surface area contributed by atoms with Crippen molar-refractivity contribution in [3.63, 3.8) is 0 Å². The lowest BCUT2D eigenvalue weighted by Gasteiger charge is -2.35. The molecule has 3 N–H and O–H groups in total. The van der Waals surface area contributed by atoms with Crippen molar-refractivity contribution in [1.82, 2.24) is 25.3 Å². The lowest BCUT2D eigenvalue weighted by atomic mass is 9.91. The molecule has 1 aliphatic carbocycles. The molecule has 2 aliphatic rings. The number of nitrogens with zero attached hydrogens (tertiary/aromatic N) is 3. The van der Waals surface area contributed by atoms with E-state index in [4.69, 9.17) is 24.2 Å². The van der Waals surface area contributed by atoms with Crippen LogP contribution in [0.1, 0.15) is 57.6 Å². The summed E-state index contributed by atoms with van der Waals surface area (Å²) < 4.78 is 30.8. The third-order valence-electron chi connectivity index (χ3n) is 7.38. The van der Waals surface area contributed by atoms with E-state index in [0.29, 0.717) is 48.0 Å². The summed E-state index contributed by atoms with van der Waals surface area (Å²) in [5, 5.41) is 6.39. The van der Waals surface area contributed by atoms with E-state index in [9.17, 15) is 9.18 Å². The lowest BCUT2D eigenvalue weighted by molar-refractivity contribution is -0.231. The summed E-state index contributed by atoms with van der Waals surface area (Å²) in [4.78, 5) is 30.1. The van der Waals surface area contributed by atoms with E-state index in [1.807, 2.05) is 13.0 Å². The van der Waals surface area contributed by atoms with Crippen LogP contribution in [0.5, 0.6) is 0 Å². The van der Waals surface area contributed by atoms with Gasteiger partial charge >= 0.3 is 0 Å². The van der Waals surface area contributed by atoms with Crippen molar-refractivity contribution < 1.29 is 23.4 Å². The van der Waals surface area contributed by atoms with Crippen molar-refractivity contribution in [2.24, 2.45) is 5.41 Å². The van der Waals surface area contributed by atoms with E-state index >= 15 is 0 Å². The number of aromatic amines is 1. The summed E-state index contributed by atoms with van der Waals surface area (Å²) in [6.45, 7) is 3.24. The number of aromatic nitrogens is 4. The number of H-pyrrole nitrogens is 1. The molecule has 11 heteroatoms. The molecule has 1 aliphatic heterocycles. The van der Waals surface area contributed by atoms with Gasteiger partial charge in [0.05, 0.1) is 35.7 Å². The summed E-state index contributed by atoms with van der Waals surface area (Å²) in [6.07, 6.45) is 7.51. The van der Waals surface area contributed by atoms with Crippen LogP contribution < -0.4 is 10.6 Å². The number of anilines is 1. The van der Waals surface area contributed by atoms with Gasteiger partial charge in [0.15, 0.2) is 5.82 Å². The van der Waals surface area contributed by atoms with E-state index in [1.54, 1.807) is 25.4 Å². The molecule has 1 aromatic carbocycles. The molecule has 0 radical (unpaired) electrons. The molecule has 1 amide bonds. The van der Waals surface area contributed by atoms with Gasteiger partial charge in [-0.3, -0.25) is 4.79 Å². The number of carbonyl (C=O) groups excluding carboxylic acids is 1. The number of carbonyl (C=O) groups is 1. The van der Waals surface area contributed by atoms with Gasteiger partial charge in [-0.05, 0) is 56.5 Å².